The van der Waals surface area contributed by atoms with E-state index in [1.807, 2.05) is 49.4 Å². The number of benzene rings is 2. The molecule has 3 nitrogen and oxygen atoms in total. The molecule has 0 aliphatic heterocycles. The summed E-state index contributed by atoms with van der Waals surface area (Å²) in [5.41, 5.74) is 4.37. The predicted molar refractivity (Wildman–Crippen MR) is 115 cm³/mol. The van der Waals surface area contributed by atoms with Crippen LogP contribution in [-0.2, 0) is 0 Å². The minimum absolute atomic E-state index is 0.577. The third kappa shape index (κ3) is 4.27. The minimum atomic E-state index is -0.609. The largest absolute Gasteiger partial charge is 0.387 e. The smallest absolute Gasteiger partial charge is 0.0924 e. The Labute approximate surface area is 170 Å². The van der Waals surface area contributed by atoms with E-state index in [-0.39, 0.29) is 0 Å². The van der Waals surface area contributed by atoms with Crippen molar-refractivity contribution in [2.45, 2.75) is 26.9 Å². The molecule has 0 amide bonds. The van der Waals surface area contributed by atoms with E-state index in [1.165, 1.54) is 0 Å². The molecule has 3 rings (SSSR count). The topological polar surface area (TPSA) is 36.4 Å². The maximum absolute atomic E-state index is 11.0. The SMILES string of the molecule is CCN(CC)CC(O)c1cc(-c2ccc(Cl)cc2)nc2c(C)c(Cl)ccc12. The van der Waals surface area contributed by atoms with E-state index in [0.717, 1.165) is 46.4 Å². The zero-order valence-electron chi connectivity index (χ0n) is 15.8. The van der Waals surface area contributed by atoms with Gasteiger partial charge >= 0.3 is 0 Å². The van der Waals surface area contributed by atoms with Gasteiger partial charge in [-0.25, -0.2) is 4.98 Å². The van der Waals surface area contributed by atoms with Crippen LogP contribution in [0.1, 0.15) is 31.1 Å². The standard InChI is InChI=1S/C22H24Cl2N2O/c1-4-26(5-2)13-21(27)18-12-20(15-6-8-16(23)9-7-15)25-22-14(3)19(24)11-10-17(18)22/h6-12,21,27H,4-5,13H2,1-3H3. The fourth-order valence-corrected chi connectivity index (χ4v) is 3.58. The summed E-state index contributed by atoms with van der Waals surface area (Å²) in [6, 6.07) is 13.4. The lowest BCUT2D eigenvalue weighted by Crippen LogP contribution is -2.28. The number of rotatable bonds is 6. The molecule has 0 fully saturated rings. The van der Waals surface area contributed by atoms with Crippen molar-refractivity contribution in [2.75, 3.05) is 19.6 Å². The highest BCUT2D eigenvalue weighted by molar-refractivity contribution is 6.32. The molecule has 0 saturated carbocycles. The van der Waals surface area contributed by atoms with Gasteiger partial charge in [-0.05, 0) is 55.4 Å². The van der Waals surface area contributed by atoms with E-state index in [4.69, 9.17) is 28.2 Å². The number of nitrogens with zero attached hydrogens (tertiary/aromatic N) is 2. The fourth-order valence-electron chi connectivity index (χ4n) is 3.30. The van der Waals surface area contributed by atoms with Crippen molar-refractivity contribution in [3.8, 4) is 11.3 Å². The zero-order chi connectivity index (χ0) is 19.6. The van der Waals surface area contributed by atoms with Gasteiger partial charge in [0.15, 0.2) is 0 Å². The first kappa shape index (κ1) is 20.1. The van der Waals surface area contributed by atoms with Gasteiger partial charge in [0.1, 0.15) is 0 Å². The van der Waals surface area contributed by atoms with E-state index < -0.39 is 6.10 Å². The summed E-state index contributed by atoms with van der Waals surface area (Å²) >= 11 is 12.4. The molecule has 1 heterocycles. The van der Waals surface area contributed by atoms with E-state index in [1.54, 1.807) is 0 Å². The average Bonchev–Trinajstić information content (AvgIpc) is 2.68. The Hall–Kier alpha value is -1.65. The Kier molecular flexibility index (Phi) is 6.38. The van der Waals surface area contributed by atoms with Crippen LogP contribution in [0, 0.1) is 6.92 Å². The highest BCUT2D eigenvalue weighted by Crippen LogP contribution is 2.33. The van der Waals surface area contributed by atoms with Gasteiger partial charge in [-0.15, -0.1) is 0 Å². The van der Waals surface area contributed by atoms with Crippen LogP contribution >= 0.6 is 23.2 Å². The van der Waals surface area contributed by atoms with Crippen LogP contribution in [0.25, 0.3) is 22.2 Å². The number of fused-ring (bicyclic) bond motifs is 1. The summed E-state index contributed by atoms with van der Waals surface area (Å²) in [4.78, 5) is 7.06. The zero-order valence-corrected chi connectivity index (χ0v) is 17.3. The molecule has 1 N–H and O–H groups in total. The molecule has 0 aliphatic carbocycles. The first-order valence-corrected chi connectivity index (χ1v) is 9.96. The van der Waals surface area contributed by atoms with Crippen LogP contribution in [0.15, 0.2) is 42.5 Å². The van der Waals surface area contributed by atoms with E-state index in [9.17, 15) is 5.11 Å². The van der Waals surface area contributed by atoms with Gasteiger partial charge in [0.25, 0.3) is 0 Å². The van der Waals surface area contributed by atoms with Crippen LogP contribution < -0.4 is 0 Å². The van der Waals surface area contributed by atoms with Crippen LogP contribution in [-0.4, -0.2) is 34.6 Å². The number of aliphatic hydroxyl groups is 1. The van der Waals surface area contributed by atoms with Crippen molar-refractivity contribution >= 4 is 34.1 Å². The number of hydrogen-bond donors (Lipinski definition) is 1. The van der Waals surface area contributed by atoms with Gasteiger partial charge in [0, 0.05) is 27.5 Å². The van der Waals surface area contributed by atoms with Crippen LogP contribution in [0.3, 0.4) is 0 Å². The Morgan fingerprint density at radius 1 is 1.04 bits per heavy atom. The van der Waals surface area contributed by atoms with Gasteiger partial charge < -0.3 is 10.0 Å². The molecular weight excluding hydrogens is 379 g/mol. The van der Waals surface area contributed by atoms with Crippen LogP contribution in [0.5, 0.6) is 0 Å². The van der Waals surface area contributed by atoms with Crippen LogP contribution in [0.4, 0.5) is 0 Å². The fraction of sp³-hybridized carbons (Fsp3) is 0.318. The molecule has 0 bridgehead atoms. The Bertz CT molecular complexity index is 937. The van der Waals surface area contributed by atoms with E-state index in [2.05, 4.69) is 18.7 Å². The maximum Gasteiger partial charge on any atom is 0.0924 e. The lowest BCUT2D eigenvalue weighted by Gasteiger charge is -2.23. The number of aryl methyl sites for hydroxylation is 1. The van der Waals surface area contributed by atoms with Crippen LogP contribution in [0.2, 0.25) is 10.0 Å². The summed E-state index contributed by atoms with van der Waals surface area (Å²) in [6.07, 6.45) is -0.609. The maximum atomic E-state index is 11.0. The van der Waals surface area contributed by atoms with Gasteiger partial charge in [-0.3, -0.25) is 0 Å². The molecule has 0 aliphatic rings. The second-order valence-electron chi connectivity index (χ2n) is 6.67. The molecule has 1 atom stereocenters. The second-order valence-corrected chi connectivity index (χ2v) is 7.52. The number of aromatic nitrogens is 1. The number of likely N-dealkylation sites (N-methyl/N-ethyl adjacent to an activating group) is 1. The molecule has 1 unspecified atom stereocenters. The van der Waals surface area contributed by atoms with Crippen molar-refractivity contribution in [3.05, 3.63) is 63.6 Å². The summed E-state index contributed by atoms with van der Waals surface area (Å²) in [6.45, 7) is 8.53. The molecule has 27 heavy (non-hydrogen) atoms. The van der Waals surface area contributed by atoms with Crippen molar-refractivity contribution in [1.29, 1.82) is 0 Å². The van der Waals surface area contributed by atoms with Gasteiger partial charge in [0.05, 0.1) is 17.3 Å². The number of pyridine rings is 1. The first-order valence-electron chi connectivity index (χ1n) is 9.20. The highest BCUT2D eigenvalue weighted by Gasteiger charge is 2.18. The summed E-state index contributed by atoms with van der Waals surface area (Å²) in [5.74, 6) is 0. The Morgan fingerprint density at radius 2 is 1.70 bits per heavy atom. The predicted octanol–water partition coefficient (Wildman–Crippen LogP) is 5.89. The molecule has 0 radical (unpaired) electrons. The number of hydrogen-bond acceptors (Lipinski definition) is 3. The van der Waals surface area contributed by atoms with Crippen molar-refractivity contribution < 1.29 is 5.11 Å². The summed E-state index contributed by atoms with van der Waals surface area (Å²) in [5, 5.41) is 13.3. The molecule has 142 valence electrons. The lowest BCUT2D eigenvalue weighted by atomic mass is 9.98. The molecule has 3 aromatic rings. The van der Waals surface area contributed by atoms with Crippen molar-refractivity contribution in [3.63, 3.8) is 0 Å². The third-order valence-corrected chi connectivity index (χ3v) is 5.69. The van der Waals surface area contributed by atoms with E-state index >= 15 is 0 Å². The third-order valence-electron chi connectivity index (χ3n) is 5.02. The quantitative estimate of drug-likeness (QED) is 0.557. The van der Waals surface area contributed by atoms with Gasteiger partial charge in [-0.2, -0.15) is 0 Å². The second kappa shape index (κ2) is 8.57. The summed E-state index contributed by atoms with van der Waals surface area (Å²) in [7, 11) is 0. The Balaban J connectivity index is 2.18. The van der Waals surface area contributed by atoms with Crippen molar-refractivity contribution in [1.82, 2.24) is 9.88 Å². The number of aliphatic hydroxyl groups excluding tert-OH is 1. The lowest BCUT2D eigenvalue weighted by molar-refractivity contribution is 0.120. The first-order chi connectivity index (χ1) is 12.9. The number of halogens is 2. The molecule has 0 spiro atoms. The average molecular weight is 403 g/mol. The monoisotopic (exact) mass is 402 g/mol. The highest BCUT2D eigenvalue weighted by atomic mass is 35.5. The van der Waals surface area contributed by atoms with Crippen molar-refractivity contribution in [2.24, 2.45) is 0 Å². The molecule has 2 aromatic carbocycles. The molecule has 5 heteroatoms. The van der Waals surface area contributed by atoms with Gasteiger partial charge in [-0.1, -0.05) is 55.2 Å². The molecule has 0 saturated heterocycles. The summed E-state index contributed by atoms with van der Waals surface area (Å²) < 4.78 is 0. The minimum Gasteiger partial charge on any atom is -0.387 e. The molecule has 1 aromatic heterocycles. The normalized spacial score (nSPS) is 12.7. The van der Waals surface area contributed by atoms with E-state index in [0.29, 0.717) is 16.6 Å². The Morgan fingerprint density at radius 3 is 2.33 bits per heavy atom. The van der Waals surface area contributed by atoms with Gasteiger partial charge in [0.2, 0.25) is 0 Å². The molecular formula is C22H24Cl2N2O.